The smallest absolute Gasteiger partial charge is 0.126 e. The zero-order valence-electron chi connectivity index (χ0n) is 78.2. The van der Waals surface area contributed by atoms with Gasteiger partial charge in [-0.05, 0) is 370 Å². The Kier molecular flexibility index (Phi) is 45.9. The average Bonchev–Trinajstić information content (AvgIpc) is 1.50. The number of hydrogen-bond donors (Lipinski definition) is 0. The average molecular weight is 1740 g/mol. The van der Waals surface area contributed by atoms with Crippen molar-refractivity contribution in [1.29, 1.82) is 5.26 Å². The van der Waals surface area contributed by atoms with Crippen LogP contribution in [0.5, 0.6) is 5.75 Å². The molecule has 0 aliphatic rings. The molecule has 0 spiro atoms. The van der Waals surface area contributed by atoms with Gasteiger partial charge in [0, 0.05) is 18.9 Å². The summed E-state index contributed by atoms with van der Waals surface area (Å²) in [5, 5.41) is 19.1. The van der Waals surface area contributed by atoms with Crippen molar-refractivity contribution >= 4 is 81.1 Å². The Bertz CT molecular complexity index is 5200. The number of halogens is 4. The molecule has 0 aliphatic carbocycles. The van der Waals surface area contributed by atoms with E-state index in [0.717, 1.165) is 33.0 Å². The summed E-state index contributed by atoms with van der Waals surface area (Å²) in [5.74, 6) is 6.39. The van der Waals surface area contributed by atoms with Crippen molar-refractivity contribution in [1.82, 2.24) is 0 Å². The van der Waals surface area contributed by atoms with E-state index in [1.54, 1.807) is 37.5 Å². The molecule has 2 aromatic heterocycles. The van der Waals surface area contributed by atoms with Crippen LogP contribution in [0.3, 0.4) is 0 Å². The third-order valence-corrected chi connectivity index (χ3v) is 23.8. The highest BCUT2D eigenvalue weighted by atomic mass is 79.9. The van der Waals surface area contributed by atoms with E-state index in [1.807, 2.05) is 67.6 Å². The Hall–Kier alpha value is -8.48. The van der Waals surface area contributed by atoms with Crippen LogP contribution in [0, 0.1) is 99.1 Å². The summed E-state index contributed by atoms with van der Waals surface area (Å²) in [6, 6.07) is 70.7. The van der Waals surface area contributed by atoms with Gasteiger partial charge in [-0.1, -0.05) is 288 Å². The Morgan fingerprint density at radius 2 is 0.692 bits per heavy atom. The lowest BCUT2D eigenvalue weighted by Gasteiger charge is -2.11. The van der Waals surface area contributed by atoms with E-state index in [-0.39, 0.29) is 19.1 Å². The number of thiophene rings is 2. The standard InChI is InChI=1S/C14H16.C12H14OS.C12H14S.C11H15F.C11H13N.C11H16.C10H13Br.C10H13Cl.C10H13F.C10H14.CH4/c1-10(2)14-9-13-7-5-4-6-12(13)8-11(14)3;1-8(2)10-7-12-9(4-5-14-12)6-11(10)13-3;1-8(2)11-7-10-4-5-13-12(10)6-9(11)3;1-7(2)10-6-11(12)9(4)5-8(10)3;1-8(2)11-5-4-10(7-12)6-9(11)3;1-8(2)11-6-5-9(3)7-10(11)4;2*1-7(2)10-5-4-9(11)6-8(10)3;1-7(2)10-6-9(11)5-4-8(10)3;1-8(2)10-7-5-4-6-9(10)3;/h4-10H,1-3H3;4-8H,1-3H3;4-8H,1-3H3;5-7H,1-4H3;4-6,8H,1-3H3;5-8H,1-4H3;3*4-7H,1-3H3;4-8H,1-3H3;1H4. The summed E-state index contributed by atoms with van der Waals surface area (Å²) in [6.07, 6.45) is 0. The number of aryl methyl sites for hydroxylation is 11. The predicted octanol–water partition coefficient (Wildman–Crippen LogP) is 37.3. The van der Waals surface area contributed by atoms with Crippen molar-refractivity contribution in [2.45, 2.75) is 281 Å². The van der Waals surface area contributed by atoms with Crippen LogP contribution in [-0.4, -0.2) is 7.11 Å². The van der Waals surface area contributed by atoms with Crippen molar-refractivity contribution in [3.8, 4) is 11.8 Å². The monoisotopic (exact) mass is 1740 g/mol. The van der Waals surface area contributed by atoms with Gasteiger partial charge in [0.25, 0.3) is 0 Å². The molecular weight excluding hydrogens is 1590 g/mol. The second-order valence-corrected chi connectivity index (χ2v) is 37.9. The molecule has 8 heteroatoms. The molecule has 11 aromatic carbocycles. The molecule has 0 fully saturated rings. The van der Waals surface area contributed by atoms with E-state index < -0.39 is 0 Å². The normalized spacial score (nSPS) is 10.7. The van der Waals surface area contributed by atoms with E-state index in [0.29, 0.717) is 59.2 Å². The Morgan fingerprint density at radius 1 is 0.317 bits per heavy atom. The first-order valence-corrected chi connectivity index (χ1v) is 45.5. The number of nitrogens with zero attached hydrogens (tertiary/aromatic N) is 1. The second-order valence-electron chi connectivity index (χ2n) is 34.7. The molecule has 0 amide bonds. The number of fused-ring (bicyclic) bond motifs is 3. The molecule has 644 valence electrons. The molecule has 0 saturated carbocycles. The first kappa shape index (κ1) is 106. The molecule has 13 aromatic rings. The molecule has 13 rings (SSSR count). The van der Waals surface area contributed by atoms with Crippen LogP contribution in [0.4, 0.5) is 8.78 Å². The van der Waals surface area contributed by atoms with Crippen LogP contribution in [0.1, 0.15) is 327 Å². The third-order valence-electron chi connectivity index (χ3n) is 21.3. The maximum Gasteiger partial charge on any atom is 0.126 e. The Labute approximate surface area is 748 Å². The van der Waals surface area contributed by atoms with Crippen LogP contribution in [0.2, 0.25) is 5.02 Å². The van der Waals surface area contributed by atoms with E-state index in [4.69, 9.17) is 21.6 Å². The minimum atomic E-state index is -0.140. The summed E-state index contributed by atoms with van der Waals surface area (Å²) in [6.45, 7) is 66.8. The zero-order valence-corrected chi connectivity index (χ0v) is 82.1. The van der Waals surface area contributed by atoms with E-state index in [1.165, 1.54) is 142 Å². The molecule has 0 saturated heterocycles. The molecule has 0 atom stereocenters. The maximum atomic E-state index is 13.1. The van der Waals surface area contributed by atoms with Gasteiger partial charge in [-0.15, -0.1) is 22.7 Å². The molecule has 0 radical (unpaired) electrons. The van der Waals surface area contributed by atoms with E-state index in [9.17, 15) is 8.78 Å². The van der Waals surface area contributed by atoms with Gasteiger partial charge in [0.05, 0.1) is 18.7 Å². The van der Waals surface area contributed by atoms with Gasteiger partial charge in [0.2, 0.25) is 0 Å². The topological polar surface area (TPSA) is 33.0 Å². The first-order chi connectivity index (χ1) is 55.9. The third kappa shape index (κ3) is 34.1. The van der Waals surface area contributed by atoms with Gasteiger partial charge in [0.15, 0.2) is 0 Å². The van der Waals surface area contributed by atoms with Crippen molar-refractivity contribution < 1.29 is 13.5 Å². The predicted molar refractivity (Wildman–Crippen MR) is 536 cm³/mol. The first-order valence-electron chi connectivity index (χ1n) is 42.6. The van der Waals surface area contributed by atoms with Gasteiger partial charge in [-0.3, -0.25) is 0 Å². The Balaban J connectivity index is 0.000000345. The molecule has 0 aliphatic heterocycles. The van der Waals surface area contributed by atoms with Crippen LogP contribution in [0.25, 0.3) is 30.9 Å². The van der Waals surface area contributed by atoms with Gasteiger partial charge < -0.3 is 4.74 Å². The molecule has 0 bridgehead atoms. The molecule has 2 nitrogen and oxygen atoms in total. The van der Waals surface area contributed by atoms with Gasteiger partial charge in [-0.25, -0.2) is 8.78 Å². The van der Waals surface area contributed by atoms with Gasteiger partial charge >= 0.3 is 0 Å². The van der Waals surface area contributed by atoms with E-state index >= 15 is 0 Å². The fourth-order valence-electron chi connectivity index (χ4n) is 14.7. The lowest BCUT2D eigenvalue weighted by Crippen LogP contribution is -1.95. The minimum Gasteiger partial charge on any atom is -0.496 e. The summed E-state index contributed by atoms with van der Waals surface area (Å²) >= 11 is 12.9. The molecule has 0 unspecified atom stereocenters. The van der Waals surface area contributed by atoms with Crippen LogP contribution >= 0.6 is 50.2 Å². The van der Waals surface area contributed by atoms with Gasteiger partial charge in [-0.2, -0.15) is 5.26 Å². The van der Waals surface area contributed by atoms with Gasteiger partial charge in [0.1, 0.15) is 17.4 Å². The number of rotatable bonds is 11. The Morgan fingerprint density at radius 3 is 1.14 bits per heavy atom. The fourth-order valence-corrected chi connectivity index (χ4v) is 17.1. The summed E-state index contributed by atoms with van der Waals surface area (Å²) in [5.41, 5.74) is 28.2. The van der Waals surface area contributed by atoms with Crippen molar-refractivity contribution in [3.63, 3.8) is 0 Å². The van der Waals surface area contributed by atoms with Crippen LogP contribution in [0.15, 0.2) is 215 Å². The maximum absolute atomic E-state index is 13.1. The van der Waals surface area contributed by atoms with Crippen LogP contribution < -0.4 is 4.74 Å². The summed E-state index contributed by atoms with van der Waals surface area (Å²) in [4.78, 5) is 0. The van der Waals surface area contributed by atoms with Crippen molar-refractivity contribution in [2.24, 2.45) is 0 Å². The SMILES string of the molecule is C.COc1cc2ccsc2cc1C(C)C.Cc1cc(Br)ccc1C(C)C.Cc1cc(C#N)ccc1C(C)C.Cc1cc(C)c(C(C)C)cc1F.Cc1cc(Cl)ccc1C(C)C.Cc1cc2ccccc2cc1C(C)C.Cc1cc2sccc2cc1C(C)C.Cc1ccc(C(C)C)c(C)c1.Cc1ccc(F)cc1C(C)C.Cc1ccccc1C(C)C. The quantitative estimate of drug-likeness (QED) is 0.129. The molecule has 2 heterocycles. The zero-order chi connectivity index (χ0) is 89.4. The summed E-state index contributed by atoms with van der Waals surface area (Å²) in [7, 11) is 1.74. The van der Waals surface area contributed by atoms with Crippen LogP contribution in [-0.2, 0) is 0 Å². The second kappa shape index (κ2) is 52.1. The lowest BCUT2D eigenvalue weighted by atomic mass is 9.94. The summed E-state index contributed by atoms with van der Waals surface area (Å²) < 4.78 is 35.1. The number of benzene rings is 11. The molecule has 0 N–H and O–H groups in total. The molecular formula is C112H145BrClF2NOS2. The number of methoxy groups -OCH3 is 1. The highest BCUT2D eigenvalue weighted by Crippen LogP contribution is 2.35. The van der Waals surface area contributed by atoms with Crippen molar-refractivity contribution in [2.75, 3.05) is 7.11 Å². The number of hydrogen-bond acceptors (Lipinski definition) is 4. The van der Waals surface area contributed by atoms with E-state index in [2.05, 4.69) is 366 Å². The molecule has 120 heavy (non-hydrogen) atoms. The highest BCUT2D eigenvalue weighted by molar-refractivity contribution is 9.10. The van der Waals surface area contributed by atoms with Crippen molar-refractivity contribution in [3.05, 3.63) is 354 Å². The minimum absolute atomic E-state index is 0. The highest BCUT2D eigenvalue weighted by Gasteiger charge is 2.13. The largest absolute Gasteiger partial charge is 0.496 e. The fraction of sp³-hybridized carbons (Fsp3) is 0.384. The lowest BCUT2D eigenvalue weighted by molar-refractivity contribution is 0.408. The number of nitriles is 1. The number of ether oxygens (including phenoxy) is 1.